The number of nitrogens with zero attached hydrogens (tertiary/aromatic N) is 1. The fourth-order valence-corrected chi connectivity index (χ4v) is 2.78. The lowest BCUT2D eigenvalue weighted by Crippen LogP contribution is -2.50. The van der Waals surface area contributed by atoms with Crippen molar-refractivity contribution in [1.82, 2.24) is 10.2 Å². The molecule has 1 aromatic rings. The van der Waals surface area contributed by atoms with E-state index < -0.39 is 0 Å². The average molecular weight is 274 g/mol. The third-order valence-electron chi connectivity index (χ3n) is 4.09. The number of aryl methyl sites for hydroxylation is 1. The van der Waals surface area contributed by atoms with Crippen LogP contribution in [-0.4, -0.2) is 37.0 Å². The summed E-state index contributed by atoms with van der Waals surface area (Å²) in [5, 5.41) is 3.29. The molecule has 1 amide bonds. The molecule has 3 nitrogen and oxygen atoms in total. The van der Waals surface area contributed by atoms with Crippen molar-refractivity contribution in [1.29, 1.82) is 0 Å². The molecule has 1 saturated heterocycles. The van der Waals surface area contributed by atoms with Gasteiger partial charge in [0.15, 0.2) is 0 Å². The number of nitrogens with one attached hydrogen (secondary N) is 1. The molecule has 110 valence electrons. The second-order valence-electron chi connectivity index (χ2n) is 6.27. The number of benzene rings is 1. The van der Waals surface area contributed by atoms with Crippen LogP contribution in [0.5, 0.6) is 0 Å². The molecule has 1 heterocycles. The Morgan fingerprint density at radius 1 is 1.20 bits per heavy atom. The van der Waals surface area contributed by atoms with E-state index in [2.05, 4.69) is 43.4 Å². The van der Waals surface area contributed by atoms with Gasteiger partial charge in [0.25, 0.3) is 0 Å². The fraction of sp³-hybridized carbons (Fsp3) is 0.588. The lowest BCUT2D eigenvalue weighted by atomic mass is 9.84. The number of amides is 1. The number of carbonyl (C=O) groups is 1. The zero-order chi connectivity index (χ0) is 14.4. The maximum absolute atomic E-state index is 12.6. The van der Waals surface area contributed by atoms with Crippen LogP contribution in [0.3, 0.4) is 0 Å². The minimum atomic E-state index is -0.244. The van der Waals surface area contributed by atoms with Crippen LogP contribution in [0.15, 0.2) is 30.3 Å². The van der Waals surface area contributed by atoms with Gasteiger partial charge in [-0.05, 0) is 24.8 Å². The molecule has 0 spiro atoms. The smallest absolute Gasteiger partial charge is 0.228 e. The van der Waals surface area contributed by atoms with Crippen molar-refractivity contribution in [2.45, 2.75) is 33.1 Å². The number of hydrogen-bond acceptors (Lipinski definition) is 2. The van der Waals surface area contributed by atoms with Gasteiger partial charge in [0.1, 0.15) is 0 Å². The molecule has 0 radical (unpaired) electrons. The summed E-state index contributed by atoms with van der Waals surface area (Å²) in [5.41, 5.74) is 1.12. The minimum absolute atomic E-state index is 0.244. The number of rotatable bonds is 5. The van der Waals surface area contributed by atoms with E-state index in [1.165, 1.54) is 5.56 Å². The van der Waals surface area contributed by atoms with Crippen molar-refractivity contribution in [3.8, 4) is 0 Å². The third-order valence-corrected chi connectivity index (χ3v) is 4.09. The maximum Gasteiger partial charge on any atom is 0.228 e. The average Bonchev–Trinajstić information content (AvgIpc) is 2.48. The summed E-state index contributed by atoms with van der Waals surface area (Å²) in [4.78, 5) is 14.6. The Hall–Kier alpha value is -1.35. The van der Waals surface area contributed by atoms with Gasteiger partial charge in [0.2, 0.25) is 5.91 Å². The lowest BCUT2D eigenvalue weighted by Gasteiger charge is -2.34. The first-order chi connectivity index (χ1) is 9.59. The van der Waals surface area contributed by atoms with Gasteiger partial charge in [0.05, 0.1) is 0 Å². The molecular formula is C17H26N2O. The molecule has 0 aliphatic carbocycles. The molecule has 1 N–H and O–H groups in total. The Kier molecular flexibility index (Phi) is 5.18. The van der Waals surface area contributed by atoms with Crippen LogP contribution in [0, 0.1) is 5.41 Å². The summed E-state index contributed by atoms with van der Waals surface area (Å²) in [7, 11) is 0. The predicted octanol–water partition coefficient (Wildman–Crippen LogP) is 2.47. The molecule has 0 atom stereocenters. The molecule has 0 unspecified atom stereocenters. The summed E-state index contributed by atoms with van der Waals surface area (Å²) in [5.74, 6) is 0.312. The molecular weight excluding hydrogens is 248 g/mol. The van der Waals surface area contributed by atoms with E-state index in [0.717, 1.165) is 45.4 Å². The summed E-state index contributed by atoms with van der Waals surface area (Å²) in [6.07, 6.45) is 3.07. The van der Waals surface area contributed by atoms with E-state index in [1.54, 1.807) is 0 Å². The first-order valence-corrected chi connectivity index (χ1v) is 7.64. The van der Waals surface area contributed by atoms with E-state index in [4.69, 9.17) is 0 Å². The summed E-state index contributed by atoms with van der Waals surface area (Å²) in [6.45, 7) is 7.71. The Morgan fingerprint density at radius 2 is 1.85 bits per heavy atom. The van der Waals surface area contributed by atoms with E-state index in [9.17, 15) is 4.79 Å². The second-order valence-corrected chi connectivity index (χ2v) is 6.27. The summed E-state index contributed by atoms with van der Waals surface area (Å²) >= 11 is 0. The second kappa shape index (κ2) is 6.89. The molecule has 1 aromatic carbocycles. The highest BCUT2D eigenvalue weighted by molar-refractivity contribution is 5.82. The van der Waals surface area contributed by atoms with Crippen LogP contribution in [0.4, 0.5) is 0 Å². The zero-order valence-corrected chi connectivity index (χ0v) is 12.7. The van der Waals surface area contributed by atoms with Gasteiger partial charge in [-0.1, -0.05) is 44.2 Å². The first kappa shape index (κ1) is 15.0. The van der Waals surface area contributed by atoms with Gasteiger partial charge in [-0.3, -0.25) is 4.79 Å². The van der Waals surface area contributed by atoms with Gasteiger partial charge in [-0.2, -0.15) is 0 Å². The van der Waals surface area contributed by atoms with Crippen molar-refractivity contribution in [3.63, 3.8) is 0 Å². The van der Waals surface area contributed by atoms with E-state index in [-0.39, 0.29) is 5.41 Å². The largest absolute Gasteiger partial charge is 0.340 e. The molecule has 2 rings (SSSR count). The quantitative estimate of drug-likeness (QED) is 0.894. The van der Waals surface area contributed by atoms with Crippen LogP contribution in [0.1, 0.15) is 32.3 Å². The first-order valence-electron chi connectivity index (χ1n) is 7.64. The fourth-order valence-electron chi connectivity index (χ4n) is 2.78. The molecule has 1 aliphatic heterocycles. The Morgan fingerprint density at radius 3 is 2.50 bits per heavy atom. The van der Waals surface area contributed by atoms with Crippen molar-refractivity contribution in [2.24, 2.45) is 5.41 Å². The van der Waals surface area contributed by atoms with Crippen molar-refractivity contribution >= 4 is 5.91 Å². The molecule has 0 saturated carbocycles. The number of piperazine rings is 1. The SMILES string of the molecule is CC(C)(CCCc1ccccc1)C(=O)N1CCNCC1. The normalized spacial score (nSPS) is 16.2. The molecule has 20 heavy (non-hydrogen) atoms. The van der Waals surface area contributed by atoms with Crippen molar-refractivity contribution < 1.29 is 4.79 Å². The molecule has 0 bridgehead atoms. The van der Waals surface area contributed by atoms with Crippen LogP contribution >= 0.6 is 0 Å². The van der Waals surface area contributed by atoms with Gasteiger partial charge >= 0.3 is 0 Å². The standard InChI is InChI=1S/C17H26N2O/c1-17(2,16(20)19-13-11-18-12-14-19)10-6-9-15-7-4-3-5-8-15/h3-5,7-8,18H,6,9-14H2,1-2H3. The third kappa shape index (κ3) is 4.07. The van der Waals surface area contributed by atoms with Crippen LogP contribution in [-0.2, 0) is 11.2 Å². The maximum atomic E-state index is 12.6. The topological polar surface area (TPSA) is 32.3 Å². The highest BCUT2D eigenvalue weighted by Crippen LogP contribution is 2.26. The molecule has 3 heteroatoms. The lowest BCUT2D eigenvalue weighted by molar-refractivity contribution is -0.141. The Labute approximate surface area is 122 Å². The van der Waals surface area contributed by atoms with Gasteiger partial charge in [-0.15, -0.1) is 0 Å². The van der Waals surface area contributed by atoms with Crippen LogP contribution < -0.4 is 5.32 Å². The Balaban J connectivity index is 1.82. The highest BCUT2D eigenvalue weighted by atomic mass is 16.2. The van der Waals surface area contributed by atoms with Crippen molar-refractivity contribution in [2.75, 3.05) is 26.2 Å². The van der Waals surface area contributed by atoms with Crippen LogP contribution in [0.2, 0.25) is 0 Å². The van der Waals surface area contributed by atoms with Gasteiger partial charge in [-0.25, -0.2) is 0 Å². The van der Waals surface area contributed by atoms with E-state index >= 15 is 0 Å². The van der Waals surface area contributed by atoms with Crippen LogP contribution in [0.25, 0.3) is 0 Å². The van der Waals surface area contributed by atoms with Crippen molar-refractivity contribution in [3.05, 3.63) is 35.9 Å². The molecule has 1 aliphatic rings. The monoisotopic (exact) mass is 274 g/mol. The van der Waals surface area contributed by atoms with Gasteiger partial charge in [0, 0.05) is 31.6 Å². The molecule has 1 fully saturated rings. The van der Waals surface area contributed by atoms with Gasteiger partial charge < -0.3 is 10.2 Å². The number of carbonyl (C=O) groups excluding carboxylic acids is 1. The summed E-state index contributed by atoms with van der Waals surface area (Å²) in [6, 6.07) is 10.5. The molecule has 0 aromatic heterocycles. The number of hydrogen-bond donors (Lipinski definition) is 1. The predicted molar refractivity (Wildman–Crippen MR) is 82.6 cm³/mol. The summed E-state index contributed by atoms with van der Waals surface area (Å²) < 4.78 is 0. The van der Waals surface area contributed by atoms with E-state index in [1.807, 2.05) is 11.0 Å². The Bertz CT molecular complexity index is 422. The highest BCUT2D eigenvalue weighted by Gasteiger charge is 2.31. The van der Waals surface area contributed by atoms with E-state index in [0.29, 0.717) is 5.91 Å². The zero-order valence-electron chi connectivity index (χ0n) is 12.7. The minimum Gasteiger partial charge on any atom is -0.340 e.